The van der Waals surface area contributed by atoms with Gasteiger partial charge in [-0.1, -0.05) is 38.1 Å². The average Bonchev–Trinajstić information content (AvgIpc) is 2.83. The molecule has 3 aromatic rings. The van der Waals surface area contributed by atoms with Gasteiger partial charge in [0.15, 0.2) is 0 Å². The van der Waals surface area contributed by atoms with Crippen LogP contribution in [0.1, 0.15) is 36.6 Å². The van der Waals surface area contributed by atoms with E-state index in [1.54, 1.807) is 30.3 Å². The number of anilines is 1. The maximum absolute atomic E-state index is 13.9. The van der Waals surface area contributed by atoms with Crippen LogP contribution in [0.5, 0.6) is 0 Å². The molecule has 0 radical (unpaired) electrons. The van der Waals surface area contributed by atoms with E-state index in [1.165, 1.54) is 29.1 Å². The lowest BCUT2D eigenvalue weighted by molar-refractivity contribution is -0.0945. The molecule has 0 saturated heterocycles. The lowest BCUT2D eigenvalue weighted by Crippen LogP contribution is -2.26. The Balaban J connectivity index is 1.72. The van der Waals surface area contributed by atoms with E-state index in [2.05, 4.69) is 17.0 Å². The van der Waals surface area contributed by atoms with Gasteiger partial charge in [0.25, 0.3) is 0 Å². The van der Waals surface area contributed by atoms with Crippen molar-refractivity contribution in [2.75, 3.05) is 18.5 Å². The van der Waals surface area contributed by atoms with Gasteiger partial charge < -0.3 is 20.3 Å². The van der Waals surface area contributed by atoms with E-state index in [0.717, 1.165) is 18.4 Å². The molecule has 0 fully saturated rings. The van der Waals surface area contributed by atoms with E-state index < -0.39 is 12.2 Å². The lowest BCUT2D eigenvalue weighted by Gasteiger charge is -2.19. The molecule has 1 aromatic heterocycles. The molecule has 8 heteroatoms. The molecule has 1 heterocycles. The van der Waals surface area contributed by atoms with Gasteiger partial charge in [-0.3, -0.25) is 4.79 Å². The van der Waals surface area contributed by atoms with Crippen molar-refractivity contribution in [3.63, 3.8) is 0 Å². The van der Waals surface area contributed by atoms with Crippen LogP contribution in [0.2, 0.25) is 0 Å². The van der Waals surface area contributed by atoms with Crippen molar-refractivity contribution in [1.82, 2.24) is 9.78 Å². The molecule has 0 saturated carbocycles. The summed E-state index contributed by atoms with van der Waals surface area (Å²) in [5.41, 5.74) is 2.56. The standard InChI is InChI=1S/C26H30FN3O4/c1-3-6-20(16-31)17-34-26(33)28-22-8-5-7-19(12-22)14-24-25(32)9-10-30(29-24)23-13-18(4-2)11-21(27)15-23/h4-5,7-13,15,20,26,28,31,33H,2-3,6,14,16-17H2,1H3. The Morgan fingerprint density at radius 1 is 1.26 bits per heavy atom. The second-order valence-electron chi connectivity index (χ2n) is 8.06. The molecule has 3 rings (SSSR count). The summed E-state index contributed by atoms with van der Waals surface area (Å²) in [5.74, 6) is -0.450. The highest BCUT2D eigenvalue weighted by atomic mass is 19.1. The first kappa shape index (κ1) is 25.3. The van der Waals surface area contributed by atoms with E-state index in [4.69, 9.17) is 4.74 Å². The Morgan fingerprint density at radius 2 is 2.09 bits per heavy atom. The number of aliphatic hydroxyl groups excluding tert-OH is 2. The summed E-state index contributed by atoms with van der Waals surface area (Å²) in [6.07, 6.45) is 3.78. The zero-order valence-electron chi connectivity index (χ0n) is 19.2. The normalized spacial score (nSPS) is 12.8. The molecule has 0 aliphatic heterocycles. The molecular formula is C26H30FN3O4. The topological polar surface area (TPSA) is 96.6 Å². The monoisotopic (exact) mass is 467 g/mol. The molecule has 0 aliphatic carbocycles. The first-order valence-electron chi connectivity index (χ1n) is 11.2. The summed E-state index contributed by atoms with van der Waals surface area (Å²) in [6, 6.07) is 13.0. The van der Waals surface area contributed by atoms with Crippen LogP contribution in [0.25, 0.3) is 11.8 Å². The first-order valence-corrected chi connectivity index (χ1v) is 11.2. The average molecular weight is 468 g/mol. The number of hydrogen-bond acceptors (Lipinski definition) is 6. The van der Waals surface area contributed by atoms with Crippen LogP contribution >= 0.6 is 0 Å². The fourth-order valence-corrected chi connectivity index (χ4v) is 3.57. The second kappa shape index (κ2) is 12.2. The highest BCUT2D eigenvalue weighted by Crippen LogP contribution is 2.16. The first-order chi connectivity index (χ1) is 16.4. The highest BCUT2D eigenvalue weighted by Gasteiger charge is 2.12. The van der Waals surface area contributed by atoms with Gasteiger partial charge in [-0.15, -0.1) is 0 Å². The summed E-state index contributed by atoms with van der Waals surface area (Å²) < 4.78 is 20.8. The minimum absolute atomic E-state index is 0.00216. The van der Waals surface area contributed by atoms with Crippen LogP contribution in [-0.2, 0) is 11.2 Å². The van der Waals surface area contributed by atoms with Gasteiger partial charge >= 0.3 is 0 Å². The van der Waals surface area contributed by atoms with E-state index in [-0.39, 0.29) is 31.0 Å². The van der Waals surface area contributed by atoms with Crippen LogP contribution in [0.15, 0.2) is 66.1 Å². The maximum Gasteiger partial charge on any atom is 0.235 e. The Kier molecular flexibility index (Phi) is 9.09. The van der Waals surface area contributed by atoms with Crippen molar-refractivity contribution >= 4 is 11.8 Å². The zero-order valence-corrected chi connectivity index (χ0v) is 19.2. The van der Waals surface area contributed by atoms with Crippen molar-refractivity contribution in [3.05, 3.63) is 94.2 Å². The summed E-state index contributed by atoms with van der Waals surface area (Å²) in [5, 5.41) is 26.8. The molecule has 7 nitrogen and oxygen atoms in total. The van der Waals surface area contributed by atoms with Gasteiger partial charge in [0.2, 0.25) is 11.8 Å². The number of aliphatic hydroxyl groups is 2. The largest absolute Gasteiger partial charge is 0.396 e. The molecule has 0 aliphatic rings. The fourth-order valence-electron chi connectivity index (χ4n) is 3.57. The van der Waals surface area contributed by atoms with Crippen molar-refractivity contribution in [2.45, 2.75) is 32.6 Å². The second-order valence-corrected chi connectivity index (χ2v) is 8.06. The van der Waals surface area contributed by atoms with Gasteiger partial charge in [-0.2, -0.15) is 5.10 Å². The number of halogens is 1. The molecule has 3 N–H and O–H groups in total. The van der Waals surface area contributed by atoms with Gasteiger partial charge in [-0.05, 0) is 47.9 Å². The molecule has 0 spiro atoms. The van der Waals surface area contributed by atoms with Crippen molar-refractivity contribution in [2.24, 2.45) is 5.92 Å². The van der Waals surface area contributed by atoms with Crippen LogP contribution in [-0.4, -0.2) is 39.6 Å². The van der Waals surface area contributed by atoms with Crippen molar-refractivity contribution in [1.29, 1.82) is 0 Å². The molecule has 34 heavy (non-hydrogen) atoms. The Hall–Kier alpha value is -3.33. The quantitative estimate of drug-likeness (QED) is 0.352. The van der Waals surface area contributed by atoms with Gasteiger partial charge in [-0.25, -0.2) is 9.07 Å². The summed E-state index contributed by atoms with van der Waals surface area (Å²) >= 11 is 0. The fraction of sp³-hybridized carbons (Fsp3) is 0.308. The highest BCUT2D eigenvalue weighted by molar-refractivity contribution is 5.52. The predicted octanol–water partition coefficient (Wildman–Crippen LogP) is 3.72. The molecule has 180 valence electrons. The third-order valence-corrected chi connectivity index (χ3v) is 5.32. The van der Waals surface area contributed by atoms with E-state index in [1.807, 2.05) is 13.0 Å². The molecule has 0 amide bonds. The Morgan fingerprint density at radius 3 is 2.82 bits per heavy atom. The third kappa shape index (κ3) is 7.08. The summed E-state index contributed by atoms with van der Waals surface area (Å²) in [4.78, 5) is 12.4. The molecular weight excluding hydrogens is 437 g/mol. The number of nitrogens with zero attached hydrogens (tertiary/aromatic N) is 2. The molecule has 2 atom stereocenters. The Bertz CT molecular complexity index is 1160. The van der Waals surface area contributed by atoms with Crippen LogP contribution in [0.4, 0.5) is 10.1 Å². The van der Waals surface area contributed by atoms with Gasteiger partial charge in [0, 0.05) is 36.9 Å². The summed E-state index contributed by atoms with van der Waals surface area (Å²) in [6.45, 7) is 5.93. The number of nitrogens with one attached hydrogen (secondary N) is 1. The van der Waals surface area contributed by atoms with Crippen molar-refractivity contribution in [3.8, 4) is 5.69 Å². The number of ether oxygens (including phenoxy) is 1. The molecule has 2 unspecified atom stereocenters. The predicted molar refractivity (Wildman–Crippen MR) is 130 cm³/mol. The van der Waals surface area contributed by atoms with Gasteiger partial charge in [0.05, 0.1) is 12.3 Å². The Labute approximate surface area is 198 Å². The maximum atomic E-state index is 13.9. The van der Waals surface area contributed by atoms with E-state index in [0.29, 0.717) is 22.6 Å². The smallest absolute Gasteiger partial charge is 0.235 e. The number of rotatable bonds is 12. The number of hydrogen-bond donors (Lipinski definition) is 3. The lowest BCUT2D eigenvalue weighted by atomic mass is 10.1. The molecule has 2 aromatic carbocycles. The SMILES string of the molecule is C=Cc1cc(F)cc(-n2ccc(=O)c(Cc3cccc(NC(O)OCC(CO)CCC)c3)n2)c1. The van der Waals surface area contributed by atoms with Crippen molar-refractivity contribution < 1.29 is 19.3 Å². The number of benzene rings is 2. The van der Waals surface area contributed by atoms with E-state index >= 15 is 0 Å². The number of aromatic nitrogens is 2. The van der Waals surface area contributed by atoms with E-state index in [9.17, 15) is 19.4 Å². The zero-order chi connectivity index (χ0) is 24.5. The van der Waals surface area contributed by atoms with Crippen LogP contribution in [0, 0.1) is 11.7 Å². The van der Waals surface area contributed by atoms with Crippen LogP contribution < -0.4 is 10.7 Å². The third-order valence-electron chi connectivity index (χ3n) is 5.32. The van der Waals surface area contributed by atoms with Gasteiger partial charge in [0.1, 0.15) is 11.5 Å². The minimum Gasteiger partial charge on any atom is -0.396 e. The van der Waals surface area contributed by atoms with Crippen LogP contribution in [0.3, 0.4) is 0 Å². The minimum atomic E-state index is -1.24. The molecule has 0 bridgehead atoms. The summed E-state index contributed by atoms with van der Waals surface area (Å²) in [7, 11) is 0.